The molecule has 0 aliphatic carbocycles. The van der Waals surface area contributed by atoms with Crippen molar-refractivity contribution in [1.82, 2.24) is 10.2 Å². The van der Waals surface area contributed by atoms with Gasteiger partial charge in [-0.05, 0) is 44.0 Å². The highest BCUT2D eigenvalue weighted by atomic mass is 35.5. The average molecular weight is 313 g/mol. The van der Waals surface area contributed by atoms with Crippen LogP contribution < -0.4 is 5.32 Å². The van der Waals surface area contributed by atoms with Crippen molar-refractivity contribution in [3.63, 3.8) is 0 Å². The lowest BCUT2D eigenvalue weighted by atomic mass is 10.1. The Kier molecular flexibility index (Phi) is 6.65. The van der Waals surface area contributed by atoms with Crippen LogP contribution in [0.15, 0.2) is 24.3 Å². The zero-order valence-electron chi connectivity index (χ0n) is 12.0. The van der Waals surface area contributed by atoms with E-state index in [1.165, 1.54) is 0 Å². The number of carboxylic acid groups (broad SMARTS) is 1. The monoisotopic (exact) mass is 312 g/mol. The summed E-state index contributed by atoms with van der Waals surface area (Å²) in [5.74, 6) is -0.926. The van der Waals surface area contributed by atoms with Gasteiger partial charge in [0, 0.05) is 12.6 Å². The van der Waals surface area contributed by atoms with Crippen molar-refractivity contribution in [2.75, 3.05) is 13.1 Å². The highest BCUT2D eigenvalue weighted by Gasteiger charge is 2.21. The van der Waals surface area contributed by atoms with E-state index in [-0.39, 0.29) is 23.9 Å². The fraction of sp³-hybridized carbons (Fsp3) is 0.467. The van der Waals surface area contributed by atoms with Crippen LogP contribution in [0.2, 0.25) is 0 Å². The second-order valence-electron chi connectivity index (χ2n) is 5.24. The first-order valence-electron chi connectivity index (χ1n) is 6.89. The number of hydrogen-bond donors (Lipinski definition) is 2. The summed E-state index contributed by atoms with van der Waals surface area (Å²) in [6, 6.07) is 7.03. The van der Waals surface area contributed by atoms with E-state index < -0.39 is 5.97 Å². The van der Waals surface area contributed by atoms with Crippen molar-refractivity contribution in [3.8, 4) is 0 Å². The normalized spacial score (nSPS) is 18.0. The number of carbonyl (C=O) groups is 2. The number of halogens is 1. The van der Waals surface area contributed by atoms with E-state index in [1.807, 2.05) is 0 Å². The molecule has 1 saturated heterocycles. The minimum Gasteiger partial charge on any atom is -0.478 e. The smallest absolute Gasteiger partial charge is 0.335 e. The van der Waals surface area contributed by atoms with E-state index in [4.69, 9.17) is 5.11 Å². The van der Waals surface area contributed by atoms with E-state index in [9.17, 15) is 9.59 Å². The van der Waals surface area contributed by atoms with E-state index in [0.29, 0.717) is 19.1 Å². The molecule has 0 radical (unpaired) electrons. The third-order valence-electron chi connectivity index (χ3n) is 3.73. The third-order valence-corrected chi connectivity index (χ3v) is 3.73. The van der Waals surface area contributed by atoms with Gasteiger partial charge in [0.05, 0.1) is 12.1 Å². The van der Waals surface area contributed by atoms with Crippen LogP contribution in [0.4, 0.5) is 0 Å². The molecule has 1 aromatic carbocycles. The van der Waals surface area contributed by atoms with E-state index in [2.05, 4.69) is 17.1 Å². The lowest BCUT2D eigenvalue weighted by Crippen LogP contribution is -2.38. The molecule has 6 heteroatoms. The van der Waals surface area contributed by atoms with Gasteiger partial charge < -0.3 is 10.4 Å². The summed E-state index contributed by atoms with van der Waals surface area (Å²) < 4.78 is 0. The summed E-state index contributed by atoms with van der Waals surface area (Å²) in [5, 5.41) is 11.7. The van der Waals surface area contributed by atoms with Crippen LogP contribution in [0.1, 0.15) is 35.7 Å². The number of aromatic carboxylic acids is 1. The molecular formula is C15H21ClN2O3. The van der Waals surface area contributed by atoms with Crippen LogP contribution in [0, 0.1) is 0 Å². The van der Waals surface area contributed by atoms with Crippen molar-refractivity contribution in [2.24, 2.45) is 0 Å². The highest BCUT2D eigenvalue weighted by Crippen LogP contribution is 2.15. The molecule has 2 rings (SSSR count). The largest absolute Gasteiger partial charge is 0.478 e. The molecule has 0 bridgehead atoms. The number of likely N-dealkylation sites (tertiary alicyclic amines) is 1. The number of carbonyl (C=O) groups excluding carboxylic acids is 1. The second kappa shape index (κ2) is 8.00. The molecule has 1 unspecified atom stereocenters. The topological polar surface area (TPSA) is 69.6 Å². The fourth-order valence-electron chi connectivity index (χ4n) is 2.43. The van der Waals surface area contributed by atoms with Gasteiger partial charge >= 0.3 is 5.97 Å². The fourth-order valence-corrected chi connectivity index (χ4v) is 2.43. The van der Waals surface area contributed by atoms with Gasteiger partial charge in [-0.25, -0.2) is 4.79 Å². The molecule has 1 atom stereocenters. The van der Waals surface area contributed by atoms with Gasteiger partial charge in [0.15, 0.2) is 0 Å². The van der Waals surface area contributed by atoms with Gasteiger partial charge in [-0.15, -0.1) is 12.4 Å². The summed E-state index contributed by atoms with van der Waals surface area (Å²) in [4.78, 5) is 24.8. The predicted octanol–water partition coefficient (Wildman–Crippen LogP) is 1.91. The Bertz CT molecular complexity index is 490. The maximum atomic E-state index is 11.8. The van der Waals surface area contributed by atoms with E-state index in [0.717, 1.165) is 24.9 Å². The van der Waals surface area contributed by atoms with Crippen LogP contribution in [0.25, 0.3) is 0 Å². The number of rotatable bonds is 5. The van der Waals surface area contributed by atoms with Crippen LogP contribution >= 0.6 is 12.4 Å². The zero-order valence-corrected chi connectivity index (χ0v) is 12.9. The van der Waals surface area contributed by atoms with Gasteiger partial charge in [-0.3, -0.25) is 9.69 Å². The quantitative estimate of drug-likeness (QED) is 0.871. The van der Waals surface area contributed by atoms with Gasteiger partial charge in [0.2, 0.25) is 5.91 Å². The van der Waals surface area contributed by atoms with Crippen LogP contribution in [0.3, 0.4) is 0 Å². The third kappa shape index (κ3) is 5.02. The minimum absolute atomic E-state index is 0. The summed E-state index contributed by atoms with van der Waals surface area (Å²) in [7, 11) is 0. The molecule has 1 aliphatic rings. The molecule has 1 aliphatic heterocycles. The van der Waals surface area contributed by atoms with Gasteiger partial charge in [0.25, 0.3) is 0 Å². The van der Waals surface area contributed by atoms with Gasteiger partial charge in [-0.1, -0.05) is 12.1 Å². The van der Waals surface area contributed by atoms with Gasteiger partial charge in [0.1, 0.15) is 0 Å². The molecule has 1 aromatic rings. The summed E-state index contributed by atoms with van der Waals surface area (Å²) in [6.07, 6.45) is 2.31. The molecule has 0 aromatic heterocycles. The Balaban J connectivity index is 0.00000220. The van der Waals surface area contributed by atoms with Crippen LogP contribution in [-0.2, 0) is 11.3 Å². The Morgan fingerprint density at radius 1 is 1.33 bits per heavy atom. The van der Waals surface area contributed by atoms with Crippen molar-refractivity contribution < 1.29 is 14.7 Å². The van der Waals surface area contributed by atoms with Gasteiger partial charge in [-0.2, -0.15) is 0 Å². The Morgan fingerprint density at radius 3 is 2.52 bits per heavy atom. The molecule has 1 fully saturated rings. The molecule has 0 spiro atoms. The molecule has 1 heterocycles. The zero-order chi connectivity index (χ0) is 14.5. The van der Waals surface area contributed by atoms with Crippen molar-refractivity contribution >= 4 is 24.3 Å². The molecule has 21 heavy (non-hydrogen) atoms. The number of benzene rings is 1. The lowest BCUT2D eigenvalue weighted by molar-refractivity contribution is -0.122. The maximum Gasteiger partial charge on any atom is 0.335 e. The first-order chi connectivity index (χ1) is 9.56. The summed E-state index contributed by atoms with van der Waals surface area (Å²) in [6.45, 7) is 4.00. The number of hydrogen-bond acceptors (Lipinski definition) is 3. The summed E-state index contributed by atoms with van der Waals surface area (Å²) in [5.41, 5.74) is 1.16. The average Bonchev–Trinajstić information content (AvgIpc) is 2.82. The number of amides is 1. The second-order valence-corrected chi connectivity index (χ2v) is 5.24. The highest BCUT2D eigenvalue weighted by molar-refractivity contribution is 5.87. The number of nitrogens with zero attached hydrogens (tertiary/aromatic N) is 1. The number of nitrogens with one attached hydrogen (secondary N) is 1. The summed E-state index contributed by atoms with van der Waals surface area (Å²) >= 11 is 0. The standard InChI is InChI=1S/C15H20N2O3.ClH/c1-11-3-2-8-17(11)10-14(18)16-9-12-4-6-13(7-5-12)15(19)20;/h4-7,11H,2-3,8-10H2,1H3,(H,16,18)(H,19,20);1H. The van der Waals surface area contributed by atoms with Crippen molar-refractivity contribution in [3.05, 3.63) is 35.4 Å². The SMILES string of the molecule is CC1CCCN1CC(=O)NCc1ccc(C(=O)O)cc1.Cl. The number of carboxylic acids is 1. The molecule has 116 valence electrons. The molecule has 0 saturated carbocycles. The van der Waals surface area contributed by atoms with E-state index >= 15 is 0 Å². The van der Waals surface area contributed by atoms with Crippen LogP contribution in [0.5, 0.6) is 0 Å². The Morgan fingerprint density at radius 2 is 2.00 bits per heavy atom. The molecule has 5 nitrogen and oxygen atoms in total. The Hall–Kier alpha value is -1.59. The molecule has 1 amide bonds. The maximum absolute atomic E-state index is 11.8. The molecular weight excluding hydrogens is 292 g/mol. The van der Waals surface area contributed by atoms with Crippen molar-refractivity contribution in [1.29, 1.82) is 0 Å². The predicted molar refractivity (Wildman–Crippen MR) is 82.8 cm³/mol. The van der Waals surface area contributed by atoms with E-state index in [1.54, 1.807) is 24.3 Å². The first-order valence-corrected chi connectivity index (χ1v) is 6.89. The molecule has 2 N–H and O–H groups in total. The lowest BCUT2D eigenvalue weighted by Gasteiger charge is -2.20. The van der Waals surface area contributed by atoms with Crippen LogP contribution in [-0.4, -0.2) is 41.0 Å². The Labute approximate surface area is 130 Å². The first kappa shape index (κ1) is 17.5. The minimum atomic E-state index is -0.941. The van der Waals surface area contributed by atoms with Crippen molar-refractivity contribution in [2.45, 2.75) is 32.4 Å².